The monoisotopic (exact) mass is 253 g/mol. The van der Waals surface area contributed by atoms with E-state index in [1.165, 1.54) is 6.92 Å². The largest absolute Gasteiger partial charge is 0.404 e. The number of rotatable bonds is 4. The Balaban J connectivity index is 2.86. The fraction of sp³-hybridized carbons (Fsp3) is 0.455. The second-order valence-electron chi connectivity index (χ2n) is 3.63. The van der Waals surface area contributed by atoms with Crippen molar-refractivity contribution < 1.29 is 22.0 Å². The average Bonchev–Trinajstić information content (AvgIpc) is 2.13. The van der Waals surface area contributed by atoms with Crippen LogP contribution in [0.3, 0.4) is 0 Å². The first-order valence-electron chi connectivity index (χ1n) is 5.08. The Labute approximate surface area is 95.6 Å². The maximum Gasteiger partial charge on any atom is 0.404 e. The summed E-state index contributed by atoms with van der Waals surface area (Å²) in [5.41, 5.74) is -0.0224. The molecule has 0 amide bonds. The molecule has 0 aliphatic rings. The van der Waals surface area contributed by atoms with Crippen molar-refractivity contribution in [3.05, 3.63) is 35.4 Å². The molecule has 96 valence electrons. The summed E-state index contributed by atoms with van der Waals surface area (Å²) < 4.78 is 63.3. The Morgan fingerprint density at radius 2 is 1.65 bits per heavy atom. The van der Waals surface area contributed by atoms with Crippen LogP contribution in [0.5, 0.6) is 0 Å². The fourth-order valence-corrected chi connectivity index (χ4v) is 1.51. The van der Waals surface area contributed by atoms with Gasteiger partial charge in [0.1, 0.15) is 17.7 Å². The van der Waals surface area contributed by atoms with Crippen LogP contribution < -0.4 is 5.32 Å². The van der Waals surface area contributed by atoms with E-state index in [4.69, 9.17) is 0 Å². The molecule has 0 heterocycles. The molecule has 17 heavy (non-hydrogen) atoms. The van der Waals surface area contributed by atoms with Gasteiger partial charge in [0.25, 0.3) is 0 Å². The van der Waals surface area contributed by atoms with E-state index in [9.17, 15) is 22.0 Å². The van der Waals surface area contributed by atoms with Crippen molar-refractivity contribution in [2.75, 3.05) is 6.54 Å². The summed E-state index contributed by atoms with van der Waals surface area (Å²) in [5, 5.41) is 2.24. The lowest BCUT2D eigenvalue weighted by atomic mass is 10.1. The Morgan fingerprint density at radius 3 is 2.06 bits per heavy atom. The number of halogens is 5. The number of likely N-dealkylation sites (N-methyl/N-ethyl adjacent to an activating group) is 1. The highest BCUT2D eigenvalue weighted by atomic mass is 19.4. The van der Waals surface area contributed by atoms with Crippen molar-refractivity contribution in [2.45, 2.75) is 25.6 Å². The van der Waals surface area contributed by atoms with Crippen molar-refractivity contribution in [2.24, 2.45) is 0 Å². The molecule has 1 nitrogen and oxygen atoms in total. The van der Waals surface area contributed by atoms with E-state index in [0.29, 0.717) is 6.07 Å². The molecule has 0 spiro atoms. The number of hydrogen-bond acceptors (Lipinski definition) is 1. The number of alkyl halides is 3. The van der Waals surface area contributed by atoms with Crippen molar-refractivity contribution >= 4 is 0 Å². The first-order chi connectivity index (χ1) is 7.82. The van der Waals surface area contributed by atoms with Gasteiger partial charge in [-0.3, -0.25) is 0 Å². The topological polar surface area (TPSA) is 12.0 Å². The SMILES string of the molecule is CCNC(Cc1cc(F)cc(F)c1)C(F)(F)F. The Morgan fingerprint density at radius 1 is 1.12 bits per heavy atom. The molecule has 0 radical (unpaired) electrons. The van der Waals surface area contributed by atoms with Gasteiger partial charge in [-0.25, -0.2) is 8.78 Å². The molecule has 1 rings (SSSR count). The van der Waals surface area contributed by atoms with E-state index in [1.54, 1.807) is 0 Å². The highest BCUT2D eigenvalue weighted by Crippen LogP contribution is 2.23. The lowest BCUT2D eigenvalue weighted by Crippen LogP contribution is -2.43. The number of hydrogen-bond donors (Lipinski definition) is 1. The van der Waals surface area contributed by atoms with Gasteiger partial charge in [0.05, 0.1) is 0 Å². The molecule has 6 heteroatoms. The van der Waals surface area contributed by atoms with Crippen molar-refractivity contribution in [1.29, 1.82) is 0 Å². The summed E-state index contributed by atoms with van der Waals surface area (Å²) in [7, 11) is 0. The van der Waals surface area contributed by atoms with Crippen molar-refractivity contribution in [3.63, 3.8) is 0 Å². The minimum absolute atomic E-state index is 0.0224. The maximum atomic E-state index is 12.8. The van der Waals surface area contributed by atoms with Crippen LogP contribution in [0.2, 0.25) is 0 Å². The number of nitrogens with one attached hydrogen (secondary N) is 1. The van der Waals surface area contributed by atoms with Crippen LogP contribution in [0.1, 0.15) is 12.5 Å². The van der Waals surface area contributed by atoms with E-state index in [0.717, 1.165) is 12.1 Å². The van der Waals surface area contributed by atoms with Gasteiger partial charge in [0, 0.05) is 6.07 Å². The molecular formula is C11H12F5N. The molecule has 0 aliphatic heterocycles. The highest BCUT2D eigenvalue weighted by molar-refractivity contribution is 5.19. The zero-order valence-corrected chi connectivity index (χ0v) is 9.11. The van der Waals surface area contributed by atoms with Gasteiger partial charge in [0.2, 0.25) is 0 Å². The molecule has 1 N–H and O–H groups in total. The van der Waals surface area contributed by atoms with E-state index in [2.05, 4.69) is 5.32 Å². The second kappa shape index (κ2) is 5.44. The third kappa shape index (κ3) is 4.30. The standard InChI is InChI=1S/C11H12F5N/c1-2-17-10(11(14,15)16)5-7-3-8(12)6-9(13)4-7/h3-4,6,10,17H,2,5H2,1H3. The van der Waals surface area contributed by atoms with Gasteiger partial charge in [-0.05, 0) is 30.7 Å². The van der Waals surface area contributed by atoms with Crippen LogP contribution in [0.25, 0.3) is 0 Å². The highest BCUT2D eigenvalue weighted by Gasteiger charge is 2.38. The summed E-state index contributed by atoms with van der Waals surface area (Å²) in [6.45, 7) is 1.66. The zero-order chi connectivity index (χ0) is 13.1. The predicted molar refractivity (Wildman–Crippen MR) is 53.6 cm³/mol. The van der Waals surface area contributed by atoms with Gasteiger partial charge < -0.3 is 5.32 Å². The van der Waals surface area contributed by atoms with Gasteiger partial charge >= 0.3 is 6.18 Å². The summed E-state index contributed by atoms with van der Waals surface area (Å²) in [6, 6.07) is 0.631. The van der Waals surface area contributed by atoms with Crippen LogP contribution in [0, 0.1) is 11.6 Å². The molecule has 1 aromatic rings. The quantitative estimate of drug-likeness (QED) is 0.813. The summed E-state index contributed by atoms with van der Waals surface area (Å²) in [6.07, 6.45) is -4.94. The van der Waals surface area contributed by atoms with Crippen LogP contribution in [-0.4, -0.2) is 18.8 Å². The first kappa shape index (κ1) is 13.9. The molecule has 0 saturated carbocycles. The van der Waals surface area contributed by atoms with Crippen LogP contribution >= 0.6 is 0 Å². The van der Waals surface area contributed by atoms with Crippen molar-refractivity contribution in [3.8, 4) is 0 Å². The van der Waals surface area contributed by atoms with Crippen LogP contribution in [0.4, 0.5) is 22.0 Å². The molecule has 0 aromatic heterocycles. The third-order valence-electron chi connectivity index (χ3n) is 2.21. The lowest BCUT2D eigenvalue weighted by Gasteiger charge is -2.21. The Hall–Kier alpha value is -1.17. The summed E-state index contributed by atoms with van der Waals surface area (Å²) in [5.74, 6) is -1.75. The van der Waals surface area contributed by atoms with E-state index >= 15 is 0 Å². The minimum Gasteiger partial charge on any atom is -0.306 e. The lowest BCUT2D eigenvalue weighted by molar-refractivity contribution is -0.155. The zero-order valence-electron chi connectivity index (χ0n) is 9.11. The van der Waals surface area contributed by atoms with Gasteiger partial charge in [0.15, 0.2) is 0 Å². The minimum atomic E-state index is -4.45. The van der Waals surface area contributed by atoms with Crippen LogP contribution in [-0.2, 0) is 6.42 Å². The molecule has 1 aromatic carbocycles. The third-order valence-corrected chi connectivity index (χ3v) is 2.21. The first-order valence-corrected chi connectivity index (χ1v) is 5.08. The Kier molecular flexibility index (Phi) is 4.45. The smallest absolute Gasteiger partial charge is 0.306 e. The van der Waals surface area contributed by atoms with Gasteiger partial charge in [-0.1, -0.05) is 6.92 Å². The van der Waals surface area contributed by atoms with E-state index in [-0.39, 0.29) is 12.1 Å². The summed E-state index contributed by atoms with van der Waals surface area (Å²) >= 11 is 0. The van der Waals surface area contributed by atoms with E-state index in [1.807, 2.05) is 0 Å². The fourth-order valence-electron chi connectivity index (χ4n) is 1.51. The average molecular weight is 253 g/mol. The maximum absolute atomic E-state index is 12.8. The molecule has 1 atom stereocenters. The predicted octanol–water partition coefficient (Wildman–Crippen LogP) is 3.05. The van der Waals surface area contributed by atoms with Gasteiger partial charge in [-0.15, -0.1) is 0 Å². The molecule has 0 aliphatic carbocycles. The molecule has 0 bridgehead atoms. The molecular weight excluding hydrogens is 241 g/mol. The number of benzene rings is 1. The summed E-state index contributed by atoms with van der Waals surface area (Å²) in [4.78, 5) is 0. The molecule has 1 unspecified atom stereocenters. The Bertz CT molecular complexity index is 354. The van der Waals surface area contributed by atoms with Crippen molar-refractivity contribution in [1.82, 2.24) is 5.32 Å². The molecule has 0 saturated heterocycles. The second-order valence-corrected chi connectivity index (χ2v) is 3.63. The van der Waals surface area contributed by atoms with Gasteiger partial charge in [-0.2, -0.15) is 13.2 Å². The van der Waals surface area contributed by atoms with E-state index < -0.39 is 30.3 Å². The normalized spacial score (nSPS) is 13.8. The molecule has 0 fully saturated rings. The van der Waals surface area contributed by atoms with Crippen LogP contribution in [0.15, 0.2) is 18.2 Å².